The number of ether oxygens (including phenoxy) is 1. The molecule has 8 heteroatoms. The zero-order chi connectivity index (χ0) is 20.1. The fraction of sp³-hybridized carbons (Fsp3) is 0.526. The van der Waals surface area contributed by atoms with Crippen LogP contribution in [0, 0.1) is 43.4 Å². The van der Waals surface area contributed by atoms with Crippen LogP contribution < -0.4 is 0 Å². The number of benzene rings is 1. The number of hydrogen-bond donors (Lipinski definition) is 0. The van der Waals surface area contributed by atoms with Gasteiger partial charge in [-0.05, 0) is 36.5 Å². The van der Waals surface area contributed by atoms with Crippen LogP contribution in [-0.4, -0.2) is 21.9 Å². The monoisotopic (exact) mass is 374 g/mol. The van der Waals surface area contributed by atoms with Crippen LogP contribution in [0.2, 0.25) is 0 Å². The number of fused-ring (bicyclic) bond motifs is 1. The topological polar surface area (TPSA) is 113 Å². The Labute approximate surface area is 156 Å². The van der Waals surface area contributed by atoms with Gasteiger partial charge in [0.15, 0.2) is 0 Å². The van der Waals surface area contributed by atoms with Gasteiger partial charge < -0.3 is 4.74 Å². The van der Waals surface area contributed by atoms with Crippen molar-refractivity contribution in [2.45, 2.75) is 40.2 Å². The molecular weight excluding hydrogens is 352 g/mol. The number of carbonyl (C=O) groups excluding carboxylic acids is 1. The van der Waals surface area contributed by atoms with Crippen molar-refractivity contribution in [3.63, 3.8) is 0 Å². The van der Waals surface area contributed by atoms with Gasteiger partial charge in [0.25, 0.3) is 11.4 Å². The third-order valence-corrected chi connectivity index (χ3v) is 6.35. The van der Waals surface area contributed by atoms with Crippen molar-refractivity contribution >= 4 is 17.3 Å². The minimum Gasteiger partial charge on any atom is -0.458 e. The lowest BCUT2D eigenvalue weighted by molar-refractivity contribution is -0.394. The van der Waals surface area contributed by atoms with Gasteiger partial charge in [-0.1, -0.05) is 32.4 Å². The highest BCUT2D eigenvalue weighted by Crippen LogP contribution is 2.56. The highest BCUT2D eigenvalue weighted by Gasteiger charge is 2.52. The molecule has 2 aliphatic carbocycles. The summed E-state index contributed by atoms with van der Waals surface area (Å²) in [6, 6.07) is 2.86. The molecule has 0 aromatic heterocycles. The van der Waals surface area contributed by atoms with E-state index < -0.39 is 27.2 Å². The minimum absolute atomic E-state index is 0.0321. The Morgan fingerprint density at radius 3 is 2.19 bits per heavy atom. The maximum atomic E-state index is 12.6. The molecule has 4 atom stereocenters. The first kappa shape index (κ1) is 19.0. The highest BCUT2D eigenvalue weighted by molar-refractivity contribution is 5.91. The summed E-state index contributed by atoms with van der Waals surface area (Å²) in [4.78, 5) is 33.0. The Morgan fingerprint density at radius 2 is 1.70 bits per heavy atom. The Hall–Kier alpha value is -2.77. The number of nitrogens with zero attached hydrogens (tertiary/aromatic N) is 2. The quantitative estimate of drug-likeness (QED) is 0.336. The van der Waals surface area contributed by atoms with Crippen molar-refractivity contribution in [2.75, 3.05) is 0 Å². The molecule has 3 rings (SSSR count). The molecule has 0 amide bonds. The molecule has 0 heterocycles. The van der Waals surface area contributed by atoms with E-state index in [-0.39, 0.29) is 23.0 Å². The van der Waals surface area contributed by atoms with Crippen LogP contribution in [0.5, 0.6) is 0 Å². The third-order valence-electron chi connectivity index (χ3n) is 6.35. The van der Waals surface area contributed by atoms with Crippen LogP contribution in [-0.2, 0) is 4.74 Å². The van der Waals surface area contributed by atoms with Gasteiger partial charge in [0.05, 0.1) is 21.5 Å². The van der Waals surface area contributed by atoms with Crippen LogP contribution in [0.4, 0.5) is 11.4 Å². The fourth-order valence-corrected chi connectivity index (χ4v) is 4.36. The minimum atomic E-state index is -0.767. The summed E-state index contributed by atoms with van der Waals surface area (Å²) >= 11 is 0. The number of nitro benzene ring substituents is 2. The SMILES string of the molecule is CC1=C[C@H]2[C@@H](C)[C@@H](OC(=O)c3cc([N+](=O)[O-])cc([N+](=O)[O-])c3)C[C@H]2C1(C)C. The van der Waals surface area contributed by atoms with Crippen molar-refractivity contribution in [3.8, 4) is 0 Å². The summed E-state index contributed by atoms with van der Waals surface area (Å²) in [5.41, 5.74) is 0.179. The Morgan fingerprint density at radius 1 is 1.15 bits per heavy atom. The van der Waals surface area contributed by atoms with Gasteiger partial charge in [-0.3, -0.25) is 20.2 Å². The second kappa shape index (κ2) is 6.44. The molecule has 2 aliphatic rings. The fourth-order valence-electron chi connectivity index (χ4n) is 4.36. The van der Waals surface area contributed by atoms with Crippen molar-refractivity contribution in [2.24, 2.45) is 23.2 Å². The summed E-state index contributed by atoms with van der Waals surface area (Å²) < 4.78 is 5.63. The van der Waals surface area contributed by atoms with E-state index in [0.29, 0.717) is 18.3 Å². The molecule has 0 unspecified atom stereocenters. The first-order valence-electron chi connectivity index (χ1n) is 8.86. The predicted molar refractivity (Wildman–Crippen MR) is 97.3 cm³/mol. The van der Waals surface area contributed by atoms with Crippen molar-refractivity contribution in [3.05, 3.63) is 55.6 Å². The second-order valence-corrected chi connectivity index (χ2v) is 8.05. The van der Waals surface area contributed by atoms with Crippen LogP contribution in [0.3, 0.4) is 0 Å². The molecule has 0 bridgehead atoms. The molecule has 0 radical (unpaired) electrons. The number of non-ortho nitro benzene ring substituents is 2. The maximum absolute atomic E-state index is 12.6. The second-order valence-electron chi connectivity index (χ2n) is 8.05. The van der Waals surface area contributed by atoms with Gasteiger partial charge >= 0.3 is 5.97 Å². The lowest BCUT2D eigenvalue weighted by atomic mass is 9.75. The highest BCUT2D eigenvalue weighted by atomic mass is 16.6. The molecule has 1 aromatic carbocycles. The third kappa shape index (κ3) is 3.20. The Balaban J connectivity index is 1.83. The van der Waals surface area contributed by atoms with Gasteiger partial charge in [0.2, 0.25) is 0 Å². The summed E-state index contributed by atoms with van der Waals surface area (Å²) in [6.45, 7) is 8.52. The molecule has 0 aliphatic heterocycles. The summed E-state index contributed by atoms with van der Waals surface area (Å²) in [7, 11) is 0. The van der Waals surface area contributed by atoms with Crippen molar-refractivity contribution in [1.29, 1.82) is 0 Å². The molecule has 8 nitrogen and oxygen atoms in total. The van der Waals surface area contributed by atoms with Crippen LogP contribution >= 0.6 is 0 Å². The molecule has 0 spiro atoms. The first-order valence-corrected chi connectivity index (χ1v) is 8.86. The van der Waals surface area contributed by atoms with E-state index in [2.05, 4.69) is 26.8 Å². The van der Waals surface area contributed by atoms with Gasteiger partial charge in [-0.15, -0.1) is 0 Å². The predicted octanol–water partition coefficient (Wildman–Crippen LogP) is 4.29. The van der Waals surface area contributed by atoms with E-state index in [0.717, 1.165) is 18.2 Å². The summed E-state index contributed by atoms with van der Waals surface area (Å²) in [5, 5.41) is 22.0. The van der Waals surface area contributed by atoms with Gasteiger partial charge in [0.1, 0.15) is 6.10 Å². The van der Waals surface area contributed by atoms with E-state index in [1.54, 1.807) is 0 Å². The molecule has 144 valence electrons. The van der Waals surface area contributed by atoms with Gasteiger partial charge in [-0.25, -0.2) is 4.79 Å². The number of carbonyl (C=O) groups is 1. The number of esters is 1. The van der Waals surface area contributed by atoms with E-state index in [1.807, 2.05) is 6.92 Å². The largest absolute Gasteiger partial charge is 0.458 e. The molecule has 0 saturated heterocycles. The lowest BCUT2D eigenvalue weighted by Gasteiger charge is -2.29. The lowest BCUT2D eigenvalue weighted by Crippen LogP contribution is -2.24. The average Bonchev–Trinajstić information content (AvgIpc) is 3.02. The smallest absolute Gasteiger partial charge is 0.338 e. The number of nitro groups is 2. The zero-order valence-corrected chi connectivity index (χ0v) is 15.7. The molecule has 27 heavy (non-hydrogen) atoms. The van der Waals surface area contributed by atoms with E-state index in [1.165, 1.54) is 5.57 Å². The van der Waals surface area contributed by atoms with E-state index in [9.17, 15) is 25.0 Å². The van der Waals surface area contributed by atoms with Crippen LogP contribution in [0.1, 0.15) is 44.5 Å². The Bertz CT molecular complexity index is 828. The average molecular weight is 374 g/mol. The summed E-state index contributed by atoms with van der Waals surface area (Å²) in [5.74, 6) is 0.0310. The van der Waals surface area contributed by atoms with Crippen LogP contribution in [0.15, 0.2) is 29.8 Å². The van der Waals surface area contributed by atoms with Gasteiger partial charge in [0, 0.05) is 12.1 Å². The molecule has 1 aromatic rings. The van der Waals surface area contributed by atoms with Gasteiger partial charge in [-0.2, -0.15) is 0 Å². The molecule has 1 fully saturated rings. The first-order chi connectivity index (χ1) is 12.5. The zero-order valence-electron chi connectivity index (χ0n) is 15.7. The van der Waals surface area contributed by atoms with E-state index >= 15 is 0 Å². The maximum Gasteiger partial charge on any atom is 0.338 e. The number of hydrogen-bond acceptors (Lipinski definition) is 6. The molecular formula is C19H22N2O6. The molecule has 0 N–H and O–H groups in total. The number of allylic oxidation sites excluding steroid dienone is 2. The molecule has 1 saturated carbocycles. The Kier molecular flexibility index (Phi) is 4.53. The van der Waals surface area contributed by atoms with E-state index in [4.69, 9.17) is 4.74 Å². The van der Waals surface area contributed by atoms with Crippen molar-refractivity contribution < 1.29 is 19.4 Å². The van der Waals surface area contributed by atoms with Crippen molar-refractivity contribution in [1.82, 2.24) is 0 Å². The standard InChI is InChI=1S/C19H22N2O6/c1-10-5-15-11(2)17(9-16(15)19(10,3)4)27-18(22)12-6-13(20(23)24)8-14(7-12)21(25)26/h5-8,11,15-17H,9H2,1-4H3/t11-,15+,16-,17+/m1/s1. The normalized spacial score (nSPS) is 28.4. The number of rotatable bonds is 4. The van der Waals surface area contributed by atoms with Crippen LogP contribution in [0.25, 0.3) is 0 Å². The summed E-state index contributed by atoms with van der Waals surface area (Å²) in [6.07, 6.45) is 2.63.